The van der Waals surface area contributed by atoms with E-state index in [2.05, 4.69) is 0 Å². The zero-order valence-corrected chi connectivity index (χ0v) is 11.4. The minimum Gasteiger partial charge on any atom is -0.322 e. The minimum atomic E-state index is -4.45. The molecule has 2 N–H and O–H groups in total. The Labute approximate surface area is 119 Å². The van der Waals surface area contributed by atoms with Gasteiger partial charge in [0, 0.05) is 24.9 Å². The SMILES string of the molecule is CC1CC(=O)N(CC(N)c2cccc(C(F)(F)F)c2)C1=O. The molecule has 2 atom stereocenters. The van der Waals surface area contributed by atoms with Crippen molar-refractivity contribution in [2.45, 2.75) is 25.6 Å². The van der Waals surface area contributed by atoms with Gasteiger partial charge in [-0.25, -0.2) is 0 Å². The molecule has 21 heavy (non-hydrogen) atoms. The highest BCUT2D eigenvalue weighted by Crippen LogP contribution is 2.31. The summed E-state index contributed by atoms with van der Waals surface area (Å²) in [6, 6.07) is 3.76. The average molecular weight is 300 g/mol. The summed E-state index contributed by atoms with van der Waals surface area (Å²) in [6.45, 7) is 1.53. The minimum absolute atomic E-state index is 0.108. The quantitative estimate of drug-likeness (QED) is 0.870. The van der Waals surface area contributed by atoms with Crippen molar-refractivity contribution < 1.29 is 22.8 Å². The van der Waals surface area contributed by atoms with E-state index < -0.39 is 23.7 Å². The van der Waals surface area contributed by atoms with Crippen molar-refractivity contribution >= 4 is 11.8 Å². The molecular formula is C14H15F3N2O2. The molecule has 1 aromatic rings. The van der Waals surface area contributed by atoms with E-state index in [9.17, 15) is 22.8 Å². The molecule has 2 amide bonds. The maximum Gasteiger partial charge on any atom is 0.416 e. The van der Waals surface area contributed by atoms with Crippen LogP contribution in [0.2, 0.25) is 0 Å². The molecular weight excluding hydrogens is 285 g/mol. The normalized spacial score (nSPS) is 21.0. The molecule has 1 fully saturated rings. The lowest BCUT2D eigenvalue weighted by Crippen LogP contribution is -2.36. The van der Waals surface area contributed by atoms with Gasteiger partial charge in [0.05, 0.1) is 5.56 Å². The van der Waals surface area contributed by atoms with Gasteiger partial charge in [0.25, 0.3) is 0 Å². The van der Waals surface area contributed by atoms with Crippen LogP contribution in [-0.4, -0.2) is 23.3 Å². The van der Waals surface area contributed by atoms with Gasteiger partial charge >= 0.3 is 6.18 Å². The molecule has 0 saturated carbocycles. The number of likely N-dealkylation sites (tertiary alicyclic amines) is 1. The molecule has 1 heterocycles. The van der Waals surface area contributed by atoms with Crippen LogP contribution >= 0.6 is 0 Å². The second-order valence-corrected chi connectivity index (χ2v) is 5.18. The van der Waals surface area contributed by atoms with Crippen molar-refractivity contribution in [2.75, 3.05) is 6.54 Å². The number of benzene rings is 1. The van der Waals surface area contributed by atoms with Crippen molar-refractivity contribution in [3.05, 3.63) is 35.4 Å². The molecule has 0 aliphatic carbocycles. The van der Waals surface area contributed by atoms with E-state index in [0.29, 0.717) is 0 Å². The number of alkyl halides is 3. The maximum atomic E-state index is 12.7. The third-order valence-corrected chi connectivity index (χ3v) is 3.49. The summed E-state index contributed by atoms with van der Waals surface area (Å²) < 4.78 is 38.0. The summed E-state index contributed by atoms with van der Waals surface area (Å²) >= 11 is 0. The van der Waals surface area contributed by atoms with Crippen molar-refractivity contribution in [2.24, 2.45) is 11.7 Å². The van der Waals surface area contributed by atoms with Gasteiger partial charge in [-0.2, -0.15) is 13.2 Å². The first-order valence-electron chi connectivity index (χ1n) is 6.47. The fraction of sp³-hybridized carbons (Fsp3) is 0.429. The number of halogens is 3. The second kappa shape index (κ2) is 5.48. The topological polar surface area (TPSA) is 63.4 Å². The van der Waals surface area contributed by atoms with Crippen LogP contribution in [0.4, 0.5) is 13.2 Å². The highest BCUT2D eigenvalue weighted by molar-refractivity contribution is 6.03. The van der Waals surface area contributed by atoms with Crippen LogP contribution in [0.5, 0.6) is 0 Å². The summed E-state index contributed by atoms with van der Waals surface area (Å²) in [4.78, 5) is 24.5. The molecule has 0 bridgehead atoms. The van der Waals surface area contributed by atoms with Crippen LogP contribution in [0.1, 0.15) is 30.5 Å². The second-order valence-electron chi connectivity index (χ2n) is 5.18. The molecule has 1 aliphatic heterocycles. The van der Waals surface area contributed by atoms with Crippen molar-refractivity contribution in [3.63, 3.8) is 0 Å². The van der Waals surface area contributed by atoms with E-state index in [0.717, 1.165) is 17.0 Å². The first kappa shape index (κ1) is 15.5. The van der Waals surface area contributed by atoms with Crippen LogP contribution in [0.3, 0.4) is 0 Å². The van der Waals surface area contributed by atoms with Gasteiger partial charge in [-0.3, -0.25) is 14.5 Å². The third-order valence-electron chi connectivity index (χ3n) is 3.49. The molecule has 1 aliphatic rings. The zero-order valence-electron chi connectivity index (χ0n) is 11.4. The van der Waals surface area contributed by atoms with Gasteiger partial charge in [-0.1, -0.05) is 19.1 Å². The van der Waals surface area contributed by atoms with E-state index in [-0.39, 0.29) is 30.3 Å². The number of hydrogen-bond donors (Lipinski definition) is 1. The summed E-state index contributed by atoms with van der Waals surface area (Å²) in [6.07, 6.45) is -4.34. The molecule has 1 aromatic carbocycles. The highest BCUT2D eigenvalue weighted by Gasteiger charge is 2.36. The summed E-state index contributed by atoms with van der Waals surface area (Å²) in [5.41, 5.74) is 5.28. The van der Waals surface area contributed by atoms with Gasteiger partial charge in [-0.15, -0.1) is 0 Å². The lowest BCUT2D eigenvalue weighted by Gasteiger charge is -2.20. The highest BCUT2D eigenvalue weighted by atomic mass is 19.4. The van der Waals surface area contributed by atoms with Gasteiger partial charge in [-0.05, 0) is 17.7 Å². The molecule has 0 aromatic heterocycles. The Morgan fingerprint density at radius 2 is 2.05 bits per heavy atom. The van der Waals surface area contributed by atoms with Crippen LogP contribution in [0, 0.1) is 5.92 Å². The lowest BCUT2D eigenvalue weighted by atomic mass is 10.0. The Morgan fingerprint density at radius 3 is 2.57 bits per heavy atom. The number of carbonyl (C=O) groups is 2. The molecule has 2 rings (SSSR count). The van der Waals surface area contributed by atoms with E-state index in [1.54, 1.807) is 6.92 Å². The van der Waals surface area contributed by atoms with E-state index >= 15 is 0 Å². The number of imide groups is 1. The van der Waals surface area contributed by atoms with E-state index in [1.807, 2.05) is 0 Å². The van der Waals surface area contributed by atoms with Crippen molar-refractivity contribution in [3.8, 4) is 0 Å². The Bertz CT molecular complexity index is 572. The van der Waals surface area contributed by atoms with Crippen LogP contribution in [-0.2, 0) is 15.8 Å². The monoisotopic (exact) mass is 300 g/mol. The van der Waals surface area contributed by atoms with Crippen LogP contribution < -0.4 is 5.73 Å². The van der Waals surface area contributed by atoms with Crippen molar-refractivity contribution in [1.82, 2.24) is 4.90 Å². The number of hydrogen-bond acceptors (Lipinski definition) is 3. The molecule has 0 spiro atoms. The molecule has 4 nitrogen and oxygen atoms in total. The standard InChI is InChI=1S/C14H15F3N2O2/c1-8-5-12(20)19(13(8)21)7-11(18)9-3-2-4-10(6-9)14(15,16)17/h2-4,6,8,11H,5,7,18H2,1H3. The Hall–Kier alpha value is -1.89. The smallest absolute Gasteiger partial charge is 0.322 e. The molecule has 2 unspecified atom stereocenters. The number of nitrogens with two attached hydrogens (primary N) is 1. The lowest BCUT2D eigenvalue weighted by molar-refractivity contribution is -0.140. The van der Waals surface area contributed by atoms with Gasteiger partial charge in [0.15, 0.2) is 0 Å². The molecule has 7 heteroatoms. The number of nitrogens with zero attached hydrogens (tertiary/aromatic N) is 1. The predicted octanol–water partition coefficient (Wildman–Crippen LogP) is 2.10. The Kier molecular flexibility index (Phi) is 4.04. The van der Waals surface area contributed by atoms with Crippen molar-refractivity contribution in [1.29, 1.82) is 0 Å². The summed E-state index contributed by atoms with van der Waals surface area (Å²) in [5.74, 6) is -1.07. The zero-order chi connectivity index (χ0) is 15.8. The first-order chi connectivity index (χ1) is 9.70. The molecule has 1 saturated heterocycles. The Morgan fingerprint density at radius 1 is 1.38 bits per heavy atom. The number of rotatable bonds is 3. The van der Waals surface area contributed by atoms with Gasteiger partial charge in [0.1, 0.15) is 0 Å². The van der Waals surface area contributed by atoms with Gasteiger partial charge < -0.3 is 5.73 Å². The average Bonchev–Trinajstić information content (AvgIpc) is 2.64. The largest absolute Gasteiger partial charge is 0.416 e. The van der Waals surface area contributed by atoms with E-state index in [1.165, 1.54) is 12.1 Å². The summed E-state index contributed by atoms with van der Waals surface area (Å²) in [5, 5.41) is 0. The fourth-order valence-corrected chi connectivity index (χ4v) is 2.29. The number of carbonyl (C=O) groups excluding carboxylic acids is 2. The third kappa shape index (κ3) is 3.24. The van der Waals surface area contributed by atoms with Crippen LogP contribution in [0.15, 0.2) is 24.3 Å². The predicted molar refractivity (Wildman–Crippen MR) is 68.9 cm³/mol. The van der Waals surface area contributed by atoms with E-state index in [4.69, 9.17) is 5.73 Å². The van der Waals surface area contributed by atoms with Crippen LogP contribution in [0.25, 0.3) is 0 Å². The first-order valence-corrected chi connectivity index (χ1v) is 6.47. The Balaban J connectivity index is 2.16. The molecule has 114 valence electrons. The van der Waals surface area contributed by atoms with Gasteiger partial charge in [0.2, 0.25) is 11.8 Å². The maximum absolute atomic E-state index is 12.7. The molecule has 0 radical (unpaired) electrons. The fourth-order valence-electron chi connectivity index (χ4n) is 2.29. The number of amides is 2. The summed E-state index contributed by atoms with van der Waals surface area (Å²) in [7, 11) is 0.